The summed E-state index contributed by atoms with van der Waals surface area (Å²) in [5.41, 5.74) is 2.54. The van der Waals surface area contributed by atoms with E-state index in [9.17, 15) is 9.59 Å². The number of aromatic amines is 1. The Labute approximate surface area is 164 Å². The number of hydrogen-bond donors (Lipinski definition) is 2. The summed E-state index contributed by atoms with van der Waals surface area (Å²) in [5, 5.41) is 3.86. The van der Waals surface area contributed by atoms with Crippen molar-refractivity contribution in [2.45, 2.75) is 46.1 Å². The number of rotatable bonds is 4. The molecule has 0 radical (unpaired) electrons. The maximum atomic E-state index is 12.6. The number of carbonyl (C=O) groups is 1. The van der Waals surface area contributed by atoms with Crippen LogP contribution >= 0.6 is 0 Å². The van der Waals surface area contributed by atoms with Crippen molar-refractivity contribution >= 4 is 22.5 Å². The molecule has 3 aromatic rings. The first kappa shape index (κ1) is 19.7. The first-order chi connectivity index (χ1) is 13.1. The van der Waals surface area contributed by atoms with Crippen LogP contribution in [0.3, 0.4) is 0 Å². The van der Waals surface area contributed by atoms with Gasteiger partial charge in [0, 0.05) is 22.7 Å². The summed E-state index contributed by atoms with van der Waals surface area (Å²) < 4.78 is 5.60. The molecule has 0 fully saturated rings. The molecule has 1 amide bonds. The van der Waals surface area contributed by atoms with Crippen molar-refractivity contribution in [1.82, 2.24) is 4.98 Å². The fourth-order valence-electron chi connectivity index (χ4n) is 3.12. The Hall–Kier alpha value is -3.08. The van der Waals surface area contributed by atoms with Gasteiger partial charge in [-0.1, -0.05) is 26.8 Å². The lowest BCUT2D eigenvalue weighted by atomic mass is 9.85. The van der Waals surface area contributed by atoms with Gasteiger partial charge in [-0.15, -0.1) is 0 Å². The molecule has 28 heavy (non-hydrogen) atoms. The molecule has 0 atom stereocenters. The Kier molecular flexibility index (Phi) is 5.27. The number of aromatic nitrogens is 1. The van der Waals surface area contributed by atoms with Crippen molar-refractivity contribution in [2.24, 2.45) is 0 Å². The van der Waals surface area contributed by atoms with Crippen LogP contribution in [0.2, 0.25) is 0 Å². The van der Waals surface area contributed by atoms with E-state index in [-0.39, 0.29) is 23.0 Å². The zero-order chi connectivity index (χ0) is 20.5. The van der Waals surface area contributed by atoms with E-state index in [2.05, 4.69) is 31.1 Å². The van der Waals surface area contributed by atoms with E-state index in [0.717, 1.165) is 16.7 Å². The first-order valence-corrected chi connectivity index (χ1v) is 9.39. The number of pyridine rings is 1. The van der Waals surface area contributed by atoms with Crippen molar-refractivity contribution in [1.29, 1.82) is 0 Å². The minimum atomic E-state index is -0.218. The highest BCUT2D eigenvalue weighted by Crippen LogP contribution is 2.29. The van der Waals surface area contributed by atoms with Gasteiger partial charge in [0.15, 0.2) is 0 Å². The number of nitrogens with one attached hydrogen (secondary N) is 2. The molecule has 3 rings (SSSR count). The molecule has 0 aliphatic heterocycles. The normalized spacial score (nSPS) is 11.6. The lowest BCUT2D eigenvalue weighted by Crippen LogP contribution is -2.17. The zero-order valence-corrected chi connectivity index (χ0v) is 16.9. The Morgan fingerprint density at radius 2 is 1.71 bits per heavy atom. The second kappa shape index (κ2) is 7.50. The van der Waals surface area contributed by atoms with Crippen molar-refractivity contribution in [3.8, 4) is 5.75 Å². The topological polar surface area (TPSA) is 71.2 Å². The van der Waals surface area contributed by atoms with Gasteiger partial charge >= 0.3 is 0 Å². The molecule has 0 aliphatic rings. The van der Waals surface area contributed by atoms with E-state index in [0.29, 0.717) is 16.8 Å². The maximum absolute atomic E-state index is 12.6. The van der Waals surface area contributed by atoms with Crippen LogP contribution in [0.5, 0.6) is 5.75 Å². The second-order valence-corrected chi connectivity index (χ2v) is 8.20. The lowest BCUT2D eigenvalue weighted by molar-refractivity contribution is 0.102. The average molecular weight is 378 g/mol. The Morgan fingerprint density at radius 1 is 1.04 bits per heavy atom. The molecule has 0 aliphatic carbocycles. The lowest BCUT2D eigenvalue weighted by Gasteiger charge is -2.21. The van der Waals surface area contributed by atoms with E-state index in [4.69, 9.17) is 4.74 Å². The number of carbonyl (C=O) groups excluding carboxylic acids is 1. The van der Waals surface area contributed by atoms with Crippen LogP contribution in [0.4, 0.5) is 5.69 Å². The van der Waals surface area contributed by atoms with Gasteiger partial charge in [0.2, 0.25) is 5.56 Å². The molecule has 1 aromatic heterocycles. The summed E-state index contributed by atoms with van der Waals surface area (Å²) in [6.45, 7) is 10.1. The molecule has 0 spiro atoms. The predicted octanol–water partition coefficient (Wildman–Crippen LogP) is 4.87. The minimum absolute atomic E-state index is 0.0809. The largest absolute Gasteiger partial charge is 0.491 e. The highest BCUT2D eigenvalue weighted by Gasteiger charge is 2.18. The van der Waals surface area contributed by atoms with Gasteiger partial charge in [0.25, 0.3) is 5.91 Å². The van der Waals surface area contributed by atoms with Gasteiger partial charge in [-0.05, 0) is 61.2 Å². The van der Waals surface area contributed by atoms with Gasteiger partial charge in [0.05, 0.1) is 11.6 Å². The standard InChI is InChI=1S/C23H26N2O3/c1-14(2)28-17-9-6-15(7-10-17)22(27)24-16-8-11-18-19(23(3,4)5)13-21(26)25-20(18)12-16/h6-14H,1-5H3,(H,24,27)(H,25,26). The number of fused-ring (bicyclic) bond motifs is 1. The fraction of sp³-hybridized carbons (Fsp3) is 0.304. The molecule has 2 N–H and O–H groups in total. The molecule has 5 heteroatoms. The predicted molar refractivity (Wildman–Crippen MR) is 113 cm³/mol. The number of amides is 1. The highest BCUT2D eigenvalue weighted by atomic mass is 16.5. The van der Waals surface area contributed by atoms with Crippen LogP contribution in [0.1, 0.15) is 50.5 Å². The van der Waals surface area contributed by atoms with Crippen molar-refractivity contribution in [2.75, 3.05) is 5.32 Å². The van der Waals surface area contributed by atoms with Gasteiger partial charge < -0.3 is 15.0 Å². The minimum Gasteiger partial charge on any atom is -0.491 e. The molecule has 0 bridgehead atoms. The summed E-state index contributed by atoms with van der Waals surface area (Å²) in [5.74, 6) is 0.509. The van der Waals surface area contributed by atoms with E-state index >= 15 is 0 Å². The Morgan fingerprint density at radius 3 is 2.32 bits per heavy atom. The fourth-order valence-corrected chi connectivity index (χ4v) is 3.12. The molecular weight excluding hydrogens is 352 g/mol. The number of H-pyrrole nitrogens is 1. The highest BCUT2D eigenvalue weighted by molar-refractivity contribution is 6.05. The van der Waals surface area contributed by atoms with Gasteiger partial charge in [-0.2, -0.15) is 0 Å². The van der Waals surface area contributed by atoms with Crippen molar-refractivity contribution in [3.63, 3.8) is 0 Å². The van der Waals surface area contributed by atoms with Crippen molar-refractivity contribution < 1.29 is 9.53 Å². The van der Waals surface area contributed by atoms with Crippen LogP contribution in [0, 0.1) is 0 Å². The van der Waals surface area contributed by atoms with E-state index in [1.165, 1.54) is 0 Å². The third kappa shape index (κ3) is 4.42. The smallest absolute Gasteiger partial charge is 0.255 e. The number of ether oxygens (including phenoxy) is 1. The molecule has 0 saturated carbocycles. The molecule has 146 valence electrons. The molecule has 2 aromatic carbocycles. The number of hydrogen-bond acceptors (Lipinski definition) is 3. The van der Waals surface area contributed by atoms with E-state index < -0.39 is 0 Å². The van der Waals surface area contributed by atoms with Crippen LogP contribution in [0.25, 0.3) is 10.9 Å². The Balaban J connectivity index is 1.86. The van der Waals surface area contributed by atoms with Crippen molar-refractivity contribution in [3.05, 3.63) is 70.0 Å². The third-order valence-corrected chi connectivity index (χ3v) is 4.40. The quantitative estimate of drug-likeness (QED) is 0.681. The summed E-state index contributed by atoms with van der Waals surface area (Å²) in [4.78, 5) is 27.5. The van der Waals surface area contributed by atoms with E-state index in [1.54, 1.807) is 36.4 Å². The first-order valence-electron chi connectivity index (χ1n) is 9.39. The molecule has 0 unspecified atom stereocenters. The van der Waals surface area contributed by atoms with E-state index in [1.807, 2.05) is 26.0 Å². The molecule has 5 nitrogen and oxygen atoms in total. The number of benzene rings is 2. The van der Waals surface area contributed by atoms with Gasteiger partial charge in [-0.3, -0.25) is 9.59 Å². The summed E-state index contributed by atoms with van der Waals surface area (Å²) in [6, 6.07) is 14.2. The SMILES string of the molecule is CC(C)Oc1ccc(C(=O)Nc2ccc3c(C(C)(C)C)cc(=O)[nH]c3c2)cc1. The van der Waals surface area contributed by atoms with Crippen LogP contribution in [-0.2, 0) is 5.41 Å². The van der Waals surface area contributed by atoms with Gasteiger partial charge in [-0.25, -0.2) is 0 Å². The summed E-state index contributed by atoms with van der Waals surface area (Å²) in [6.07, 6.45) is 0.0809. The van der Waals surface area contributed by atoms with Crippen LogP contribution in [0.15, 0.2) is 53.3 Å². The monoisotopic (exact) mass is 378 g/mol. The third-order valence-electron chi connectivity index (χ3n) is 4.40. The van der Waals surface area contributed by atoms with Crippen LogP contribution in [-0.4, -0.2) is 17.0 Å². The summed E-state index contributed by atoms with van der Waals surface area (Å²) >= 11 is 0. The molecular formula is C23H26N2O3. The second-order valence-electron chi connectivity index (χ2n) is 8.20. The van der Waals surface area contributed by atoms with Crippen LogP contribution < -0.4 is 15.6 Å². The molecule has 1 heterocycles. The van der Waals surface area contributed by atoms with Gasteiger partial charge in [0.1, 0.15) is 5.75 Å². The Bertz CT molecular complexity index is 1060. The summed E-state index contributed by atoms with van der Waals surface area (Å²) in [7, 11) is 0. The number of anilines is 1. The molecule has 0 saturated heterocycles. The maximum Gasteiger partial charge on any atom is 0.255 e. The average Bonchev–Trinajstić information content (AvgIpc) is 2.60. The zero-order valence-electron chi connectivity index (χ0n) is 16.9.